The van der Waals surface area contributed by atoms with Crippen molar-refractivity contribution >= 4 is 34.8 Å². The molecule has 1 unspecified atom stereocenters. The minimum Gasteiger partial charge on any atom is -0.385 e. The number of allylic oxidation sites excluding steroid dienone is 1. The van der Waals surface area contributed by atoms with Crippen LogP contribution in [0.4, 0.5) is 0 Å². The third-order valence-electron chi connectivity index (χ3n) is 1.59. The van der Waals surface area contributed by atoms with Crippen molar-refractivity contribution in [3.05, 3.63) is 11.6 Å². The molecule has 1 N–H and O–H groups in total. The summed E-state index contributed by atoms with van der Waals surface area (Å²) in [7, 11) is 0. The van der Waals surface area contributed by atoms with Crippen LogP contribution in [0.2, 0.25) is 0 Å². The van der Waals surface area contributed by atoms with E-state index in [9.17, 15) is 5.11 Å². The highest BCUT2D eigenvalue weighted by Gasteiger charge is 2.29. The van der Waals surface area contributed by atoms with E-state index in [1.165, 1.54) is 0 Å². The molecule has 0 radical (unpaired) electrons. The standard InChI is InChI=1S/C10H17Cl3O/c1-7(6-9(2,3)4)5-8(14)10(11,12)13/h5,8,14H,6H2,1-4H3/b7-5+. The molecule has 4 heteroatoms. The van der Waals surface area contributed by atoms with Gasteiger partial charge in [0.2, 0.25) is 3.79 Å². The molecule has 1 nitrogen and oxygen atoms in total. The quantitative estimate of drug-likeness (QED) is 0.585. The Balaban J connectivity index is 4.39. The van der Waals surface area contributed by atoms with Crippen LogP contribution < -0.4 is 0 Å². The fraction of sp³-hybridized carbons (Fsp3) is 0.800. The summed E-state index contributed by atoms with van der Waals surface area (Å²) in [5, 5.41) is 9.48. The van der Waals surface area contributed by atoms with Gasteiger partial charge in [0.05, 0.1) is 0 Å². The molecular formula is C10H17Cl3O. The van der Waals surface area contributed by atoms with Gasteiger partial charge in [-0.1, -0.05) is 67.2 Å². The monoisotopic (exact) mass is 258 g/mol. The van der Waals surface area contributed by atoms with Crippen molar-refractivity contribution in [3.8, 4) is 0 Å². The van der Waals surface area contributed by atoms with Crippen LogP contribution in [0.3, 0.4) is 0 Å². The highest BCUT2D eigenvalue weighted by atomic mass is 35.6. The maximum atomic E-state index is 9.48. The van der Waals surface area contributed by atoms with Crippen LogP contribution in [-0.2, 0) is 0 Å². The van der Waals surface area contributed by atoms with Gasteiger partial charge in [-0.2, -0.15) is 0 Å². The average Bonchev–Trinajstić information content (AvgIpc) is 1.79. The number of hydrogen-bond acceptors (Lipinski definition) is 1. The van der Waals surface area contributed by atoms with Gasteiger partial charge < -0.3 is 5.11 Å². The first-order chi connectivity index (χ1) is 6.02. The number of aliphatic hydroxyl groups excluding tert-OH is 1. The molecule has 0 aliphatic carbocycles. The second-order valence-corrected chi connectivity index (χ2v) is 7.11. The highest BCUT2D eigenvalue weighted by Crippen LogP contribution is 2.32. The molecule has 0 saturated heterocycles. The van der Waals surface area contributed by atoms with E-state index in [0.717, 1.165) is 12.0 Å². The summed E-state index contributed by atoms with van der Waals surface area (Å²) >= 11 is 16.6. The number of alkyl halides is 3. The van der Waals surface area contributed by atoms with Crippen LogP contribution in [0.15, 0.2) is 11.6 Å². The van der Waals surface area contributed by atoms with Crippen molar-refractivity contribution in [2.24, 2.45) is 5.41 Å². The molecule has 0 aromatic rings. The first-order valence-corrected chi connectivity index (χ1v) is 5.58. The SMILES string of the molecule is C/C(=C\C(O)C(Cl)(Cl)Cl)CC(C)(C)C. The van der Waals surface area contributed by atoms with E-state index >= 15 is 0 Å². The lowest BCUT2D eigenvalue weighted by molar-refractivity contribution is 0.226. The van der Waals surface area contributed by atoms with Gasteiger partial charge in [-0.05, 0) is 18.8 Å². The van der Waals surface area contributed by atoms with Crippen molar-refractivity contribution in [1.29, 1.82) is 0 Å². The topological polar surface area (TPSA) is 20.2 Å². The number of hydrogen-bond donors (Lipinski definition) is 1. The van der Waals surface area contributed by atoms with Gasteiger partial charge >= 0.3 is 0 Å². The smallest absolute Gasteiger partial charge is 0.219 e. The average molecular weight is 260 g/mol. The van der Waals surface area contributed by atoms with Crippen LogP contribution >= 0.6 is 34.8 Å². The minimum atomic E-state index is -1.64. The Hall–Kier alpha value is 0.570. The maximum absolute atomic E-state index is 9.48. The van der Waals surface area contributed by atoms with Gasteiger partial charge in [-0.15, -0.1) is 0 Å². The summed E-state index contributed by atoms with van der Waals surface area (Å²) in [5.41, 5.74) is 1.20. The zero-order chi connectivity index (χ0) is 11.6. The van der Waals surface area contributed by atoms with Crippen molar-refractivity contribution in [2.45, 2.75) is 44.0 Å². The third-order valence-corrected chi connectivity index (χ3v) is 2.26. The summed E-state index contributed by atoms with van der Waals surface area (Å²) in [6, 6.07) is 0. The lowest BCUT2D eigenvalue weighted by atomic mass is 9.88. The van der Waals surface area contributed by atoms with E-state index in [2.05, 4.69) is 20.8 Å². The Bertz CT molecular complexity index is 210. The van der Waals surface area contributed by atoms with Gasteiger partial charge in [0.1, 0.15) is 6.10 Å². The van der Waals surface area contributed by atoms with Crippen LogP contribution in [0.5, 0.6) is 0 Å². The summed E-state index contributed by atoms with van der Waals surface area (Å²) in [5.74, 6) is 0. The molecule has 0 aromatic carbocycles. The first-order valence-electron chi connectivity index (χ1n) is 4.44. The van der Waals surface area contributed by atoms with Crippen LogP contribution in [-0.4, -0.2) is 15.0 Å². The molecule has 1 atom stereocenters. The molecule has 0 amide bonds. The summed E-state index contributed by atoms with van der Waals surface area (Å²) in [4.78, 5) is 0. The predicted octanol–water partition coefficient (Wildman–Crippen LogP) is 4.10. The lowest BCUT2D eigenvalue weighted by Crippen LogP contribution is -2.23. The third kappa shape index (κ3) is 6.94. The van der Waals surface area contributed by atoms with Gasteiger partial charge in [0.15, 0.2) is 0 Å². The second kappa shape index (κ2) is 5.07. The molecular weight excluding hydrogens is 242 g/mol. The highest BCUT2D eigenvalue weighted by molar-refractivity contribution is 6.68. The molecule has 0 aliphatic heterocycles. The molecule has 0 heterocycles. The second-order valence-electron chi connectivity index (χ2n) is 4.74. The molecule has 84 valence electrons. The Labute approximate surface area is 101 Å². The molecule has 0 fully saturated rings. The molecule has 0 spiro atoms. The largest absolute Gasteiger partial charge is 0.385 e. The van der Waals surface area contributed by atoms with Crippen molar-refractivity contribution in [2.75, 3.05) is 0 Å². The number of aliphatic hydroxyl groups is 1. The van der Waals surface area contributed by atoms with Crippen molar-refractivity contribution in [3.63, 3.8) is 0 Å². The van der Waals surface area contributed by atoms with Crippen molar-refractivity contribution in [1.82, 2.24) is 0 Å². The van der Waals surface area contributed by atoms with Crippen LogP contribution in [0.25, 0.3) is 0 Å². The van der Waals surface area contributed by atoms with E-state index in [-0.39, 0.29) is 5.41 Å². The summed E-state index contributed by atoms with van der Waals surface area (Å²) < 4.78 is -1.64. The fourth-order valence-electron chi connectivity index (χ4n) is 1.26. The van der Waals surface area contributed by atoms with Crippen LogP contribution in [0.1, 0.15) is 34.1 Å². The molecule has 0 aromatic heterocycles. The number of rotatable bonds is 2. The zero-order valence-electron chi connectivity index (χ0n) is 8.94. The van der Waals surface area contributed by atoms with Crippen molar-refractivity contribution < 1.29 is 5.11 Å². The van der Waals surface area contributed by atoms with Gasteiger partial charge in [0.25, 0.3) is 0 Å². The number of halogens is 3. The fourth-order valence-corrected chi connectivity index (χ4v) is 1.45. The van der Waals surface area contributed by atoms with E-state index in [1.807, 2.05) is 6.92 Å². The van der Waals surface area contributed by atoms with E-state index < -0.39 is 9.90 Å². The van der Waals surface area contributed by atoms with E-state index in [1.54, 1.807) is 6.08 Å². The Morgan fingerprint density at radius 1 is 1.29 bits per heavy atom. The molecule has 0 saturated carbocycles. The summed E-state index contributed by atoms with van der Waals surface area (Å²) in [6.45, 7) is 8.27. The lowest BCUT2D eigenvalue weighted by Gasteiger charge is -2.21. The van der Waals surface area contributed by atoms with E-state index in [0.29, 0.717) is 0 Å². The molecule has 14 heavy (non-hydrogen) atoms. The molecule has 0 aliphatic rings. The first kappa shape index (κ1) is 14.6. The Morgan fingerprint density at radius 3 is 2.00 bits per heavy atom. The van der Waals surface area contributed by atoms with Gasteiger partial charge in [-0.3, -0.25) is 0 Å². The van der Waals surface area contributed by atoms with E-state index in [4.69, 9.17) is 34.8 Å². The van der Waals surface area contributed by atoms with Crippen LogP contribution in [0, 0.1) is 5.41 Å². The van der Waals surface area contributed by atoms with Gasteiger partial charge in [0, 0.05) is 0 Å². The Kier molecular flexibility index (Phi) is 5.27. The van der Waals surface area contributed by atoms with Gasteiger partial charge in [-0.25, -0.2) is 0 Å². The molecule has 0 rings (SSSR count). The zero-order valence-corrected chi connectivity index (χ0v) is 11.2. The predicted molar refractivity (Wildman–Crippen MR) is 64.1 cm³/mol. The maximum Gasteiger partial charge on any atom is 0.219 e. The normalized spacial score (nSPS) is 17.0. The Morgan fingerprint density at radius 2 is 1.71 bits per heavy atom. The minimum absolute atomic E-state index is 0.175. The molecule has 0 bridgehead atoms. The summed E-state index contributed by atoms with van der Waals surface area (Å²) in [6.07, 6.45) is 1.41.